The number of carbonyl (C=O) groups is 1. The molecular weight excluding hydrogens is 465 g/mol. The minimum Gasteiger partial charge on any atom is -0.339 e. The van der Waals surface area contributed by atoms with Gasteiger partial charge in [-0.05, 0) is 48.6 Å². The lowest BCUT2D eigenvalue weighted by atomic mass is 9.95. The number of amides is 1. The monoisotopic (exact) mass is 485 g/mol. The molecule has 0 radical (unpaired) electrons. The van der Waals surface area contributed by atoms with E-state index in [0.717, 1.165) is 5.69 Å². The third kappa shape index (κ3) is 8.07. The van der Waals surface area contributed by atoms with Crippen LogP contribution >= 0.6 is 47.0 Å². The van der Waals surface area contributed by atoms with E-state index in [4.69, 9.17) is 47.0 Å². The lowest BCUT2D eigenvalue weighted by molar-refractivity contribution is -0.129. The van der Waals surface area contributed by atoms with Crippen molar-refractivity contribution in [2.75, 3.05) is 5.32 Å². The van der Waals surface area contributed by atoms with Gasteiger partial charge in [0.05, 0.1) is 11.4 Å². The van der Waals surface area contributed by atoms with E-state index in [2.05, 4.69) is 26.2 Å². The molecule has 0 aliphatic heterocycles. The summed E-state index contributed by atoms with van der Waals surface area (Å²) in [5.74, 6) is -0.290. The van der Waals surface area contributed by atoms with E-state index >= 15 is 0 Å². The maximum Gasteiger partial charge on any atom is 0.228 e. The van der Waals surface area contributed by atoms with Gasteiger partial charge in [-0.3, -0.25) is 4.79 Å². The highest BCUT2D eigenvalue weighted by Gasteiger charge is 2.36. The first-order valence-electron chi connectivity index (χ1n) is 8.97. The Labute approximate surface area is 196 Å². The van der Waals surface area contributed by atoms with Gasteiger partial charge in [-0.1, -0.05) is 73.8 Å². The quantitative estimate of drug-likeness (QED) is 0.202. The second kappa shape index (κ2) is 10.4. The fourth-order valence-electron chi connectivity index (χ4n) is 2.07. The van der Waals surface area contributed by atoms with Crippen LogP contribution in [0.2, 0.25) is 0 Å². The Bertz CT molecular complexity index is 893. The van der Waals surface area contributed by atoms with Gasteiger partial charge in [-0.15, -0.1) is 0 Å². The molecule has 1 amide bonds. The van der Waals surface area contributed by atoms with Crippen LogP contribution in [0.3, 0.4) is 0 Å². The number of rotatable bonds is 5. The average Bonchev–Trinajstić information content (AvgIpc) is 2.66. The molecule has 2 rings (SSSR count). The molecule has 160 valence electrons. The number of thiocarbonyl (C=S) groups is 1. The van der Waals surface area contributed by atoms with E-state index in [1.165, 1.54) is 0 Å². The van der Waals surface area contributed by atoms with Crippen LogP contribution in [0.1, 0.15) is 20.8 Å². The summed E-state index contributed by atoms with van der Waals surface area (Å²) in [5, 5.41) is 17.0. The number of nitrogens with zero attached hydrogens (tertiary/aromatic N) is 2. The van der Waals surface area contributed by atoms with Crippen molar-refractivity contribution in [2.45, 2.75) is 30.7 Å². The number of hydrogen-bond acceptors (Lipinski definition) is 4. The van der Waals surface area contributed by atoms with Crippen molar-refractivity contribution in [3.63, 3.8) is 0 Å². The Balaban J connectivity index is 1.98. The molecule has 1 atom stereocenters. The molecule has 0 aromatic heterocycles. The van der Waals surface area contributed by atoms with Crippen LogP contribution in [-0.2, 0) is 4.79 Å². The van der Waals surface area contributed by atoms with Gasteiger partial charge in [0, 0.05) is 11.1 Å². The van der Waals surface area contributed by atoms with E-state index in [-0.39, 0.29) is 11.0 Å². The van der Waals surface area contributed by atoms with E-state index in [9.17, 15) is 4.79 Å². The number of hydrogen-bond donors (Lipinski definition) is 3. The van der Waals surface area contributed by atoms with Crippen molar-refractivity contribution in [3.8, 4) is 0 Å². The summed E-state index contributed by atoms with van der Waals surface area (Å²) in [6, 6.07) is 16.6. The smallest absolute Gasteiger partial charge is 0.228 e. The Morgan fingerprint density at radius 2 is 1.43 bits per heavy atom. The van der Waals surface area contributed by atoms with Crippen molar-refractivity contribution in [2.24, 2.45) is 15.6 Å². The predicted octanol–water partition coefficient (Wildman–Crippen LogP) is 6.25. The van der Waals surface area contributed by atoms with Crippen molar-refractivity contribution in [1.29, 1.82) is 0 Å². The van der Waals surface area contributed by atoms with Crippen LogP contribution in [0.5, 0.6) is 0 Å². The Hall–Kier alpha value is -1.93. The Morgan fingerprint density at radius 3 is 1.93 bits per heavy atom. The zero-order valence-electron chi connectivity index (χ0n) is 16.6. The summed E-state index contributed by atoms with van der Waals surface area (Å²) in [6.07, 6.45) is -1.02. The van der Waals surface area contributed by atoms with Crippen LogP contribution in [0, 0.1) is 5.41 Å². The molecule has 0 aliphatic rings. The van der Waals surface area contributed by atoms with Gasteiger partial charge >= 0.3 is 0 Å². The number of anilines is 1. The van der Waals surface area contributed by atoms with Crippen molar-refractivity contribution < 1.29 is 4.79 Å². The molecule has 2 aromatic carbocycles. The maximum absolute atomic E-state index is 12.3. The predicted molar refractivity (Wildman–Crippen MR) is 128 cm³/mol. The van der Waals surface area contributed by atoms with Crippen molar-refractivity contribution >= 4 is 75.1 Å². The Morgan fingerprint density at radius 1 is 0.900 bits per heavy atom. The van der Waals surface area contributed by atoms with Gasteiger partial charge in [0.1, 0.15) is 6.17 Å². The summed E-state index contributed by atoms with van der Waals surface area (Å²) in [7, 11) is 0. The first kappa shape index (κ1) is 24.3. The SMILES string of the molecule is CC(C)(C)C(=O)N[C@H](NC(=S)Nc1ccc(N=Nc2ccccc2)cc1)C(Cl)(Cl)Cl. The number of benzene rings is 2. The zero-order chi connectivity index (χ0) is 22.4. The topological polar surface area (TPSA) is 77.9 Å². The summed E-state index contributed by atoms with van der Waals surface area (Å²) >= 11 is 23.3. The number of halogens is 3. The third-order valence-corrected chi connectivity index (χ3v) is 4.60. The van der Waals surface area contributed by atoms with Gasteiger partial charge in [-0.25, -0.2) is 0 Å². The van der Waals surface area contributed by atoms with E-state index in [1.54, 1.807) is 45.0 Å². The Kier molecular flexibility index (Phi) is 8.43. The summed E-state index contributed by atoms with van der Waals surface area (Å²) in [5.41, 5.74) is 1.48. The molecule has 0 unspecified atom stereocenters. The van der Waals surface area contributed by atoms with Crippen LogP contribution in [0.4, 0.5) is 17.1 Å². The second-order valence-electron chi connectivity index (χ2n) is 7.38. The van der Waals surface area contributed by atoms with Gasteiger partial charge < -0.3 is 16.0 Å². The molecule has 0 heterocycles. The van der Waals surface area contributed by atoms with E-state index in [1.807, 2.05) is 30.3 Å². The van der Waals surface area contributed by atoms with Crippen molar-refractivity contribution in [3.05, 3.63) is 54.6 Å². The molecule has 3 N–H and O–H groups in total. The lowest BCUT2D eigenvalue weighted by Crippen LogP contribution is -2.58. The fourth-order valence-corrected chi connectivity index (χ4v) is 2.63. The standard InChI is InChI=1S/C20H22Cl3N5OS/c1-19(2,3)17(29)25-16(20(21,22)23)26-18(30)24-13-9-11-15(12-10-13)28-27-14-7-5-4-6-8-14/h4-12,16H,1-3H3,(H,25,29)(H2,24,26,30)/t16-/m1/s1. The number of nitrogens with one attached hydrogen (secondary N) is 3. The average molecular weight is 487 g/mol. The maximum atomic E-state index is 12.3. The first-order chi connectivity index (χ1) is 13.9. The largest absolute Gasteiger partial charge is 0.339 e. The molecule has 2 aromatic rings. The van der Waals surface area contributed by atoms with Gasteiger partial charge in [-0.2, -0.15) is 10.2 Å². The highest BCUT2D eigenvalue weighted by molar-refractivity contribution is 7.80. The molecule has 0 aliphatic carbocycles. The second-order valence-corrected chi connectivity index (χ2v) is 10.2. The molecule has 0 saturated carbocycles. The lowest BCUT2D eigenvalue weighted by Gasteiger charge is -2.30. The minimum atomic E-state index is -1.81. The number of carbonyl (C=O) groups excluding carboxylic acids is 1. The molecule has 10 heteroatoms. The highest BCUT2D eigenvalue weighted by Crippen LogP contribution is 2.30. The van der Waals surface area contributed by atoms with Gasteiger partial charge in [0.15, 0.2) is 5.11 Å². The van der Waals surface area contributed by atoms with E-state index < -0.39 is 15.4 Å². The molecule has 0 fully saturated rings. The first-order valence-corrected chi connectivity index (χ1v) is 10.5. The van der Waals surface area contributed by atoms with Crippen molar-refractivity contribution in [1.82, 2.24) is 10.6 Å². The minimum absolute atomic E-state index is 0.180. The van der Waals surface area contributed by atoms with Crippen LogP contribution in [0.25, 0.3) is 0 Å². The molecule has 30 heavy (non-hydrogen) atoms. The van der Waals surface area contributed by atoms with Crippen LogP contribution < -0.4 is 16.0 Å². The van der Waals surface area contributed by atoms with Crippen LogP contribution in [-0.4, -0.2) is 21.0 Å². The van der Waals surface area contributed by atoms with Gasteiger partial charge in [0.2, 0.25) is 9.70 Å². The molecule has 6 nitrogen and oxygen atoms in total. The highest BCUT2D eigenvalue weighted by atomic mass is 35.6. The number of alkyl halides is 3. The molecule has 0 bridgehead atoms. The summed E-state index contributed by atoms with van der Waals surface area (Å²) in [4.78, 5) is 12.3. The molecule has 0 saturated heterocycles. The van der Waals surface area contributed by atoms with Crippen LogP contribution in [0.15, 0.2) is 64.8 Å². The van der Waals surface area contributed by atoms with E-state index in [0.29, 0.717) is 11.4 Å². The zero-order valence-corrected chi connectivity index (χ0v) is 19.7. The van der Waals surface area contributed by atoms with Gasteiger partial charge in [0.25, 0.3) is 0 Å². The molecular formula is C20H22Cl3N5OS. The summed E-state index contributed by atoms with van der Waals surface area (Å²) in [6.45, 7) is 5.26. The fraction of sp³-hybridized carbons (Fsp3) is 0.300. The number of azo groups is 1. The normalized spacial score (nSPS) is 13.0. The summed E-state index contributed by atoms with van der Waals surface area (Å²) < 4.78 is -1.81. The molecule has 0 spiro atoms. The third-order valence-electron chi connectivity index (χ3n) is 3.72.